The first-order chi connectivity index (χ1) is 9.51. The van der Waals surface area contributed by atoms with Crippen molar-refractivity contribution in [3.8, 4) is 5.75 Å². The molecule has 0 spiro atoms. The molecule has 20 heavy (non-hydrogen) atoms. The quantitative estimate of drug-likeness (QED) is 0.708. The molecule has 1 aromatic rings. The zero-order valence-electron chi connectivity index (χ0n) is 11.6. The van der Waals surface area contributed by atoms with Gasteiger partial charge in [0.25, 0.3) is 0 Å². The Balaban J connectivity index is 2.41. The largest absolute Gasteiger partial charge is 0.482 e. The van der Waals surface area contributed by atoms with Crippen LogP contribution in [-0.4, -0.2) is 36.8 Å². The summed E-state index contributed by atoms with van der Waals surface area (Å²) >= 11 is 0. The Morgan fingerprint density at radius 1 is 1.30 bits per heavy atom. The predicted molar refractivity (Wildman–Crippen MR) is 73.9 cm³/mol. The Hall–Kier alpha value is -2.24. The van der Waals surface area contributed by atoms with Crippen molar-refractivity contribution in [1.82, 2.24) is 0 Å². The molecular formula is C14H19NO5. The number of anilines is 1. The fourth-order valence-corrected chi connectivity index (χ4v) is 1.55. The molecule has 1 aromatic carbocycles. The first-order valence-electron chi connectivity index (χ1n) is 6.29. The van der Waals surface area contributed by atoms with Gasteiger partial charge in [-0.05, 0) is 37.6 Å². The molecule has 0 aliphatic rings. The number of ether oxygens (including phenoxy) is 2. The molecule has 6 heteroatoms. The van der Waals surface area contributed by atoms with E-state index in [1.54, 1.807) is 12.1 Å². The number of carbonyl (C=O) groups excluding carboxylic acids is 1. The topological polar surface area (TPSA) is 84.9 Å². The van der Waals surface area contributed by atoms with Gasteiger partial charge in [-0.3, -0.25) is 4.79 Å². The van der Waals surface area contributed by atoms with E-state index in [2.05, 4.69) is 10.1 Å². The molecule has 1 unspecified atom stereocenters. The summed E-state index contributed by atoms with van der Waals surface area (Å²) in [5.74, 6) is -0.668. The van der Waals surface area contributed by atoms with Crippen molar-refractivity contribution >= 4 is 17.6 Å². The lowest BCUT2D eigenvalue weighted by molar-refractivity contribution is -0.143. The van der Waals surface area contributed by atoms with E-state index in [1.807, 2.05) is 19.1 Å². The number of carboxylic acids is 1. The SMILES string of the molecule is COC(=O)COc1ccc(NC(C)CCC(=O)O)cc1. The number of methoxy groups -OCH3 is 1. The van der Waals surface area contributed by atoms with Crippen LogP contribution in [0.25, 0.3) is 0 Å². The van der Waals surface area contributed by atoms with Crippen LogP contribution in [0.1, 0.15) is 19.8 Å². The second kappa shape index (κ2) is 8.04. The highest BCUT2D eigenvalue weighted by Crippen LogP contribution is 2.17. The molecule has 0 saturated carbocycles. The molecule has 0 aliphatic carbocycles. The maximum absolute atomic E-state index is 10.9. The van der Waals surface area contributed by atoms with Crippen molar-refractivity contribution < 1.29 is 24.2 Å². The van der Waals surface area contributed by atoms with E-state index in [0.717, 1.165) is 5.69 Å². The maximum atomic E-state index is 10.9. The Bertz CT molecular complexity index is 443. The second-order valence-corrected chi connectivity index (χ2v) is 4.37. The molecule has 0 amide bonds. The zero-order valence-corrected chi connectivity index (χ0v) is 11.6. The van der Waals surface area contributed by atoms with Crippen molar-refractivity contribution in [2.75, 3.05) is 19.0 Å². The number of esters is 1. The van der Waals surface area contributed by atoms with E-state index in [1.165, 1.54) is 7.11 Å². The summed E-state index contributed by atoms with van der Waals surface area (Å²) in [5, 5.41) is 11.8. The van der Waals surface area contributed by atoms with E-state index in [-0.39, 0.29) is 19.1 Å². The highest BCUT2D eigenvalue weighted by Gasteiger charge is 2.06. The van der Waals surface area contributed by atoms with Crippen LogP contribution in [0.3, 0.4) is 0 Å². The summed E-state index contributed by atoms with van der Waals surface area (Å²) in [6, 6.07) is 7.14. The molecule has 0 aromatic heterocycles. The van der Waals surface area contributed by atoms with Gasteiger partial charge in [0.1, 0.15) is 5.75 Å². The summed E-state index contributed by atoms with van der Waals surface area (Å²) in [7, 11) is 1.30. The van der Waals surface area contributed by atoms with E-state index in [9.17, 15) is 9.59 Å². The Labute approximate surface area is 117 Å². The highest BCUT2D eigenvalue weighted by atomic mass is 16.6. The summed E-state index contributed by atoms with van der Waals surface area (Å²) in [6.07, 6.45) is 0.685. The van der Waals surface area contributed by atoms with Gasteiger partial charge in [0.2, 0.25) is 0 Å². The van der Waals surface area contributed by atoms with Gasteiger partial charge in [-0.25, -0.2) is 4.79 Å². The first kappa shape index (κ1) is 15.8. The number of hydrogen-bond acceptors (Lipinski definition) is 5. The lowest BCUT2D eigenvalue weighted by atomic mass is 10.1. The minimum absolute atomic E-state index is 0.0629. The normalized spacial score (nSPS) is 11.5. The number of rotatable bonds is 8. The third-order valence-corrected chi connectivity index (χ3v) is 2.64. The Morgan fingerprint density at radius 3 is 2.50 bits per heavy atom. The van der Waals surface area contributed by atoms with Crippen LogP contribution in [0.4, 0.5) is 5.69 Å². The Morgan fingerprint density at radius 2 is 1.95 bits per heavy atom. The number of carboxylic acid groups (broad SMARTS) is 1. The van der Waals surface area contributed by atoms with E-state index in [4.69, 9.17) is 9.84 Å². The van der Waals surface area contributed by atoms with Crippen molar-refractivity contribution in [3.63, 3.8) is 0 Å². The molecular weight excluding hydrogens is 262 g/mol. The van der Waals surface area contributed by atoms with Gasteiger partial charge in [0.15, 0.2) is 6.61 Å². The third kappa shape index (κ3) is 6.08. The van der Waals surface area contributed by atoms with Gasteiger partial charge in [0.05, 0.1) is 7.11 Å². The molecule has 6 nitrogen and oxygen atoms in total. The summed E-state index contributed by atoms with van der Waals surface area (Å²) in [6.45, 7) is 1.79. The minimum atomic E-state index is -0.801. The fraction of sp³-hybridized carbons (Fsp3) is 0.429. The van der Waals surface area contributed by atoms with Gasteiger partial charge in [-0.15, -0.1) is 0 Å². The van der Waals surface area contributed by atoms with Gasteiger partial charge in [-0.2, -0.15) is 0 Å². The van der Waals surface area contributed by atoms with Gasteiger partial charge >= 0.3 is 11.9 Å². The average Bonchev–Trinajstić information content (AvgIpc) is 2.44. The molecule has 0 bridgehead atoms. The summed E-state index contributed by atoms with van der Waals surface area (Å²) < 4.78 is 9.69. The number of benzene rings is 1. The average molecular weight is 281 g/mol. The standard InChI is InChI=1S/C14H19NO5/c1-10(3-8-13(16)17)15-11-4-6-12(7-5-11)20-9-14(18)19-2/h4-7,10,15H,3,8-9H2,1-2H3,(H,16,17). The van der Waals surface area contributed by atoms with E-state index < -0.39 is 11.9 Å². The molecule has 0 radical (unpaired) electrons. The predicted octanol–water partition coefficient (Wildman–Crippen LogP) is 1.90. The van der Waals surface area contributed by atoms with Crippen molar-refractivity contribution in [3.05, 3.63) is 24.3 Å². The van der Waals surface area contributed by atoms with Crippen molar-refractivity contribution in [1.29, 1.82) is 0 Å². The monoisotopic (exact) mass is 281 g/mol. The second-order valence-electron chi connectivity index (χ2n) is 4.37. The molecule has 2 N–H and O–H groups in total. The fourth-order valence-electron chi connectivity index (χ4n) is 1.55. The lowest BCUT2D eigenvalue weighted by Gasteiger charge is -2.14. The summed E-state index contributed by atoms with van der Waals surface area (Å²) in [4.78, 5) is 21.4. The lowest BCUT2D eigenvalue weighted by Crippen LogP contribution is -2.16. The van der Waals surface area contributed by atoms with Gasteiger partial charge < -0.3 is 19.9 Å². The molecule has 1 atom stereocenters. The van der Waals surface area contributed by atoms with Gasteiger partial charge in [0, 0.05) is 18.2 Å². The Kier molecular flexibility index (Phi) is 6.36. The molecule has 110 valence electrons. The van der Waals surface area contributed by atoms with Crippen LogP contribution in [0.5, 0.6) is 5.75 Å². The smallest absolute Gasteiger partial charge is 0.343 e. The maximum Gasteiger partial charge on any atom is 0.343 e. The zero-order chi connectivity index (χ0) is 15.0. The van der Waals surface area contributed by atoms with E-state index >= 15 is 0 Å². The molecule has 1 rings (SSSR count). The molecule has 0 aliphatic heterocycles. The van der Waals surface area contributed by atoms with E-state index in [0.29, 0.717) is 12.2 Å². The van der Waals surface area contributed by atoms with Crippen molar-refractivity contribution in [2.24, 2.45) is 0 Å². The molecule has 0 fully saturated rings. The number of hydrogen-bond donors (Lipinski definition) is 2. The summed E-state index contributed by atoms with van der Waals surface area (Å²) in [5.41, 5.74) is 0.869. The third-order valence-electron chi connectivity index (χ3n) is 2.64. The van der Waals surface area contributed by atoms with Crippen LogP contribution in [0.2, 0.25) is 0 Å². The van der Waals surface area contributed by atoms with Crippen molar-refractivity contribution in [2.45, 2.75) is 25.8 Å². The number of nitrogens with one attached hydrogen (secondary N) is 1. The van der Waals surface area contributed by atoms with Crippen LogP contribution in [0, 0.1) is 0 Å². The molecule has 0 heterocycles. The van der Waals surface area contributed by atoms with Crippen LogP contribution in [0.15, 0.2) is 24.3 Å². The van der Waals surface area contributed by atoms with Crippen LogP contribution < -0.4 is 10.1 Å². The number of aliphatic carboxylic acids is 1. The molecule has 0 saturated heterocycles. The first-order valence-corrected chi connectivity index (χ1v) is 6.29. The highest BCUT2D eigenvalue weighted by molar-refractivity contribution is 5.70. The van der Waals surface area contributed by atoms with Crippen LogP contribution in [-0.2, 0) is 14.3 Å². The van der Waals surface area contributed by atoms with Gasteiger partial charge in [-0.1, -0.05) is 0 Å². The number of carbonyl (C=O) groups is 2. The van der Waals surface area contributed by atoms with Crippen LogP contribution >= 0.6 is 0 Å². The minimum Gasteiger partial charge on any atom is -0.482 e.